The number of aliphatic imine (C=N–C) groups is 1. The molecule has 2 amide bonds. The summed E-state index contributed by atoms with van der Waals surface area (Å²) in [6.45, 7) is 13.2. The van der Waals surface area contributed by atoms with E-state index in [9.17, 15) is 9.59 Å². The SMILES string of the molecule is Cc1cccc(N(C(=O)OC(C)(C)C)C2=CNCC(c3cncc(NC(=O)OC(C)(C)C)c3)=N2)c1. The van der Waals surface area contributed by atoms with Gasteiger partial charge in [0, 0.05) is 18.0 Å². The van der Waals surface area contributed by atoms with E-state index in [0.717, 1.165) is 5.56 Å². The van der Waals surface area contributed by atoms with Crippen LogP contribution < -0.4 is 15.5 Å². The molecular weight excluding hydrogens is 446 g/mol. The topological polar surface area (TPSA) is 105 Å². The fourth-order valence-corrected chi connectivity index (χ4v) is 3.22. The van der Waals surface area contributed by atoms with Crippen LogP contribution in [-0.4, -0.2) is 40.6 Å². The molecule has 0 bridgehead atoms. The number of aryl methyl sites for hydroxylation is 1. The van der Waals surface area contributed by atoms with Crippen molar-refractivity contribution in [2.75, 3.05) is 16.8 Å². The van der Waals surface area contributed by atoms with Crippen LogP contribution in [0.3, 0.4) is 0 Å². The van der Waals surface area contributed by atoms with Crippen molar-refractivity contribution in [3.8, 4) is 0 Å². The van der Waals surface area contributed by atoms with Crippen LogP contribution in [0.25, 0.3) is 0 Å². The molecule has 0 spiro atoms. The van der Waals surface area contributed by atoms with Crippen molar-refractivity contribution in [2.24, 2.45) is 4.99 Å². The first-order chi connectivity index (χ1) is 16.3. The molecule has 0 saturated heterocycles. The number of carbonyl (C=O) groups is 2. The highest BCUT2D eigenvalue weighted by atomic mass is 16.6. The first-order valence-electron chi connectivity index (χ1n) is 11.4. The highest BCUT2D eigenvalue weighted by Crippen LogP contribution is 2.26. The smallest absolute Gasteiger partial charge is 0.420 e. The lowest BCUT2D eigenvalue weighted by atomic mass is 10.1. The zero-order valence-corrected chi connectivity index (χ0v) is 21.3. The van der Waals surface area contributed by atoms with E-state index in [1.54, 1.807) is 39.2 Å². The summed E-state index contributed by atoms with van der Waals surface area (Å²) < 4.78 is 11.0. The Hall–Kier alpha value is -3.88. The predicted octanol–water partition coefficient (Wildman–Crippen LogP) is 5.37. The van der Waals surface area contributed by atoms with Crippen molar-refractivity contribution in [1.29, 1.82) is 0 Å². The number of hydrogen-bond donors (Lipinski definition) is 2. The lowest BCUT2D eigenvalue weighted by Crippen LogP contribution is -2.38. The maximum atomic E-state index is 13.2. The predicted molar refractivity (Wildman–Crippen MR) is 137 cm³/mol. The maximum absolute atomic E-state index is 13.2. The number of nitrogens with zero attached hydrogens (tertiary/aromatic N) is 3. The minimum atomic E-state index is -0.681. The fourth-order valence-electron chi connectivity index (χ4n) is 3.22. The molecule has 0 saturated carbocycles. The van der Waals surface area contributed by atoms with Crippen LogP contribution in [0.15, 0.2) is 59.7 Å². The van der Waals surface area contributed by atoms with Crippen molar-refractivity contribution in [1.82, 2.24) is 10.3 Å². The van der Waals surface area contributed by atoms with E-state index in [4.69, 9.17) is 14.5 Å². The van der Waals surface area contributed by atoms with Gasteiger partial charge in [0.1, 0.15) is 11.2 Å². The number of ether oxygens (including phenoxy) is 2. The van der Waals surface area contributed by atoms with Crippen LogP contribution in [0, 0.1) is 6.92 Å². The summed E-state index contributed by atoms with van der Waals surface area (Å²) in [5.74, 6) is 0.372. The highest BCUT2D eigenvalue weighted by Gasteiger charge is 2.28. The molecule has 2 aromatic rings. The molecule has 35 heavy (non-hydrogen) atoms. The van der Waals surface area contributed by atoms with Gasteiger partial charge in [-0.25, -0.2) is 19.5 Å². The number of pyridine rings is 1. The van der Waals surface area contributed by atoms with Gasteiger partial charge >= 0.3 is 12.2 Å². The van der Waals surface area contributed by atoms with E-state index in [2.05, 4.69) is 15.6 Å². The molecule has 1 aliphatic heterocycles. The second kappa shape index (κ2) is 10.2. The average Bonchev–Trinajstić information content (AvgIpc) is 2.72. The Bertz CT molecular complexity index is 1160. The number of carbonyl (C=O) groups excluding carboxylic acids is 2. The minimum absolute atomic E-state index is 0.372. The Labute approximate surface area is 206 Å². The lowest BCUT2D eigenvalue weighted by Gasteiger charge is -2.29. The summed E-state index contributed by atoms with van der Waals surface area (Å²) in [6, 6.07) is 9.30. The van der Waals surface area contributed by atoms with E-state index < -0.39 is 23.4 Å². The fraction of sp³-hybridized carbons (Fsp3) is 0.385. The number of aromatic nitrogens is 1. The molecule has 3 rings (SSSR count). The quantitative estimate of drug-likeness (QED) is 0.611. The van der Waals surface area contributed by atoms with E-state index in [0.29, 0.717) is 35.0 Å². The molecule has 186 valence electrons. The summed E-state index contributed by atoms with van der Waals surface area (Å²) in [4.78, 5) is 35.8. The monoisotopic (exact) mass is 479 g/mol. The first-order valence-corrected chi connectivity index (χ1v) is 11.4. The van der Waals surface area contributed by atoms with E-state index in [1.165, 1.54) is 11.1 Å². The van der Waals surface area contributed by atoms with E-state index in [-0.39, 0.29) is 0 Å². The molecule has 9 nitrogen and oxygen atoms in total. The van der Waals surface area contributed by atoms with Gasteiger partial charge in [-0.05, 0) is 72.2 Å². The van der Waals surface area contributed by atoms with Gasteiger partial charge in [-0.15, -0.1) is 0 Å². The molecule has 0 unspecified atom stereocenters. The number of benzene rings is 1. The Morgan fingerprint density at radius 1 is 1.03 bits per heavy atom. The summed E-state index contributed by atoms with van der Waals surface area (Å²) >= 11 is 0. The molecule has 1 aliphatic rings. The van der Waals surface area contributed by atoms with Gasteiger partial charge in [0.15, 0.2) is 5.82 Å². The Balaban J connectivity index is 1.92. The highest BCUT2D eigenvalue weighted by molar-refractivity contribution is 6.05. The largest absolute Gasteiger partial charge is 0.444 e. The van der Waals surface area contributed by atoms with Crippen LogP contribution in [0.1, 0.15) is 52.7 Å². The van der Waals surface area contributed by atoms with Gasteiger partial charge in [-0.3, -0.25) is 10.3 Å². The molecule has 0 atom stereocenters. The van der Waals surface area contributed by atoms with Crippen LogP contribution in [0.5, 0.6) is 0 Å². The van der Waals surface area contributed by atoms with Crippen LogP contribution in [0.4, 0.5) is 21.0 Å². The number of anilines is 2. The van der Waals surface area contributed by atoms with Crippen LogP contribution in [0.2, 0.25) is 0 Å². The van der Waals surface area contributed by atoms with Crippen LogP contribution in [-0.2, 0) is 9.47 Å². The molecule has 1 aromatic heterocycles. The summed E-state index contributed by atoms with van der Waals surface area (Å²) in [6.07, 6.45) is 3.73. The Kier molecular flexibility index (Phi) is 7.48. The van der Waals surface area contributed by atoms with Gasteiger partial charge in [-0.2, -0.15) is 0 Å². The molecule has 2 N–H and O–H groups in total. The van der Waals surface area contributed by atoms with Gasteiger partial charge in [0.25, 0.3) is 0 Å². The summed E-state index contributed by atoms with van der Waals surface area (Å²) in [5.41, 5.74) is 2.13. The van der Waals surface area contributed by atoms with Crippen LogP contribution >= 0.6 is 0 Å². The van der Waals surface area contributed by atoms with E-state index in [1.807, 2.05) is 52.0 Å². The van der Waals surface area contributed by atoms with E-state index >= 15 is 0 Å². The van der Waals surface area contributed by atoms with Crippen molar-refractivity contribution in [2.45, 2.75) is 59.7 Å². The lowest BCUT2D eigenvalue weighted by molar-refractivity contribution is 0.0589. The minimum Gasteiger partial charge on any atom is -0.444 e. The van der Waals surface area contributed by atoms with Crippen molar-refractivity contribution in [3.63, 3.8) is 0 Å². The molecule has 9 heteroatoms. The molecule has 0 fully saturated rings. The van der Waals surface area contributed by atoms with Crippen molar-refractivity contribution < 1.29 is 19.1 Å². The Morgan fingerprint density at radius 2 is 1.74 bits per heavy atom. The Morgan fingerprint density at radius 3 is 2.40 bits per heavy atom. The second-order valence-electron chi connectivity index (χ2n) is 10.2. The average molecular weight is 480 g/mol. The number of nitrogens with one attached hydrogen (secondary N) is 2. The third kappa shape index (κ3) is 7.56. The number of rotatable bonds is 4. The second-order valence-corrected chi connectivity index (χ2v) is 10.2. The molecule has 1 aromatic carbocycles. The normalized spacial score (nSPS) is 13.7. The van der Waals surface area contributed by atoms with Gasteiger partial charge in [0.2, 0.25) is 0 Å². The van der Waals surface area contributed by atoms with Gasteiger partial charge < -0.3 is 14.8 Å². The first kappa shape index (κ1) is 25.7. The van der Waals surface area contributed by atoms with Crippen molar-refractivity contribution >= 4 is 29.3 Å². The standard InChI is InChI=1S/C26H33N5O4/c1-17-9-8-10-20(11-17)31(24(33)35-26(5,6)7)22-16-28-15-21(30-22)18-12-19(14-27-13-18)29-23(32)34-25(2,3)4/h8-14,16,28H,15H2,1-7H3,(H,29,32). The van der Waals surface area contributed by atoms with Gasteiger partial charge in [0.05, 0.1) is 29.8 Å². The summed E-state index contributed by atoms with van der Waals surface area (Å²) in [7, 11) is 0. The number of hydrogen-bond acceptors (Lipinski definition) is 7. The zero-order chi connectivity index (χ0) is 25.8. The zero-order valence-electron chi connectivity index (χ0n) is 21.3. The molecule has 0 radical (unpaired) electrons. The molecular formula is C26H33N5O4. The molecule has 0 aliphatic carbocycles. The number of amides is 2. The summed E-state index contributed by atoms with van der Waals surface area (Å²) in [5, 5.41) is 5.86. The van der Waals surface area contributed by atoms with Gasteiger partial charge in [-0.1, -0.05) is 12.1 Å². The maximum Gasteiger partial charge on any atom is 0.420 e. The molecule has 2 heterocycles. The third-order valence-corrected chi connectivity index (χ3v) is 4.53. The third-order valence-electron chi connectivity index (χ3n) is 4.53. The van der Waals surface area contributed by atoms with Crippen molar-refractivity contribution in [3.05, 3.63) is 65.9 Å².